The second-order valence-electron chi connectivity index (χ2n) is 4.70. The lowest BCUT2D eigenvalue weighted by Crippen LogP contribution is -2.00. The summed E-state index contributed by atoms with van der Waals surface area (Å²) in [5, 5.41) is 9.86. The number of carboxylic acids is 1. The third-order valence-corrected chi connectivity index (χ3v) is 3.29. The van der Waals surface area contributed by atoms with Crippen LogP contribution >= 0.6 is 0 Å². The lowest BCUT2D eigenvalue weighted by atomic mass is 10.2. The Morgan fingerprint density at radius 2 is 2.00 bits per heavy atom. The molecule has 96 valence electrons. The van der Waals surface area contributed by atoms with Crippen molar-refractivity contribution in [2.75, 3.05) is 0 Å². The van der Waals surface area contributed by atoms with E-state index in [2.05, 4.69) is 41.8 Å². The van der Waals surface area contributed by atoms with Gasteiger partial charge >= 0.3 is 5.97 Å². The first kappa shape index (κ1) is 12.7. The molecule has 0 unspecified atom stereocenters. The standard InChI is InChI=1S/C15H19NO2/c1-12-11-13-7-4-5-8-14(13)16(12)10-6-2-3-9-15(17)18/h4-5,7-8,11H,2-3,6,9-10H2,1H3,(H,17,18). The highest BCUT2D eigenvalue weighted by Gasteiger charge is 2.04. The lowest BCUT2D eigenvalue weighted by Gasteiger charge is -2.07. The molecular formula is C15H19NO2. The zero-order valence-corrected chi connectivity index (χ0v) is 10.7. The van der Waals surface area contributed by atoms with Gasteiger partial charge in [-0.3, -0.25) is 4.79 Å². The van der Waals surface area contributed by atoms with Crippen molar-refractivity contribution in [3.63, 3.8) is 0 Å². The molecule has 0 saturated heterocycles. The molecule has 0 amide bonds. The third-order valence-electron chi connectivity index (χ3n) is 3.29. The predicted molar refractivity (Wildman–Crippen MR) is 72.8 cm³/mol. The number of carbonyl (C=O) groups is 1. The van der Waals surface area contributed by atoms with E-state index in [0.717, 1.165) is 25.8 Å². The Labute approximate surface area is 107 Å². The van der Waals surface area contributed by atoms with Crippen LogP contribution in [0.5, 0.6) is 0 Å². The Hall–Kier alpha value is -1.77. The van der Waals surface area contributed by atoms with Crippen molar-refractivity contribution in [2.45, 2.75) is 39.2 Å². The minimum Gasteiger partial charge on any atom is -0.481 e. The summed E-state index contributed by atoms with van der Waals surface area (Å²) in [6.07, 6.45) is 3.06. The summed E-state index contributed by atoms with van der Waals surface area (Å²) in [4.78, 5) is 10.4. The van der Waals surface area contributed by atoms with Crippen molar-refractivity contribution in [3.05, 3.63) is 36.0 Å². The first-order valence-electron chi connectivity index (χ1n) is 6.45. The molecule has 0 spiro atoms. The smallest absolute Gasteiger partial charge is 0.303 e. The summed E-state index contributed by atoms with van der Waals surface area (Å²) >= 11 is 0. The van der Waals surface area contributed by atoms with Gasteiger partial charge in [0, 0.05) is 24.2 Å². The molecule has 0 fully saturated rings. The third kappa shape index (κ3) is 2.92. The second-order valence-corrected chi connectivity index (χ2v) is 4.70. The van der Waals surface area contributed by atoms with Crippen molar-refractivity contribution >= 4 is 16.9 Å². The van der Waals surface area contributed by atoms with Gasteiger partial charge in [0.15, 0.2) is 0 Å². The Balaban J connectivity index is 1.95. The first-order chi connectivity index (χ1) is 8.68. The topological polar surface area (TPSA) is 42.2 Å². The number of aliphatic carboxylic acids is 1. The van der Waals surface area contributed by atoms with Crippen LogP contribution in [0.4, 0.5) is 0 Å². The van der Waals surface area contributed by atoms with Gasteiger partial charge in [-0.2, -0.15) is 0 Å². The van der Waals surface area contributed by atoms with E-state index in [1.807, 2.05) is 0 Å². The summed E-state index contributed by atoms with van der Waals surface area (Å²) in [5.74, 6) is -0.697. The largest absolute Gasteiger partial charge is 0.481 e. The molecule has 1 aromatic heterocycles. The van der Waals surface area contributed by atoms with E-state index in [-0.39, 0.29) is 6.42 Å². The molecule has 2 rings (SSSR count). The Morgan fingerprint density at radius 1 is 1.22 bits per heavy atom. The van der Waals surface area contributed by atoms with E-state index < -0.39 is 5.97 Å². The van der Waals surface area contributed by atoms with E-state index in [4.69, 9.17) is 5.11 Å². The minimum atomic E-state index is -0.697. The molecule has 1 aromatic carbocycles. The highest BCUT2D eigenvalue weighted by Crippen LogP contribution is 2.20. The molecule has 0 bridgehead atoms. The minimum absolute atomic E-state index is 0.283. The van der Waals surface area contributed by atoms with E-state index in [1.165, 1.54) is 16.6 Å². The molecule has 0 aliphatic heterocycles. The van der Waals surface area contributed by atoms with Gasteiger partial charge < -0.3 is 9.67 Å². The summed E-state index contributed by atoms with van der Waals surface area (Å²) < 4.78 is 2.32. The van der Waals surface area contributed by atoms with Crippen molar-refractivity contribution in [1.29, 1.82) is 0 Å². The molecular weight excluding hydrogens is 226 g/mol. The van der Waals surface area contributed by atoms with Crippen LogP contribution in [0.2, 0.25) is 0 Å². The number of hydrogen-bond donors (Lipinski definition) is 1. The summed E-state index contributed by atoms with van der Waals surface area (Å²) in [6, 6.07) is 10.6. The molecule has 18 heavy (non-hydrogen) atoms. The number of rotatable bonds is 6. The average Bonchev–Trinajstić information content (AvgIpc) is 2.65. The highest BCUT2D eigenvalue weighted by molar-refractivity contribution is 5.81. The van der Waals surface area contributed by atoms with Gasteiger partial charge in [-0.25, -0.2) is 0 Å². The van der Waals surface area contributed by atoms with Crippen LogP contribution in [0.15, 0.2) is 30.3 Å². The summed E-state index contributed by atoms with van der Waals surface area (Å²) in [5.41, 5.74) is 2.54. The van der Waals surface area contributed by atoms with Crippen LogP contribution in [0, 0.1) is 6.92 Å². The van der Waals surface area contributed by atoms with Crippen LogP contribution in [0.1, 0.15) is 31.4 Å². The Morgan fingerprint density at radius 3 is 2.78 bits per heavy atom. The fourth-order valence-corrected chi connectivity index (χ4v) is 2.37. The monoisotopic (exact) mass is 245 g/mol. The highest BCUT2D eigenvalue weighted by atomic mass is 16.4. The number of nitrogens with zero attached hydrogens (tertiary/aromatic N) is 1. The molecule has 2 aromatic rings. The number of para-hydroxylation sites is 1. The zero-order valence-electron chi connectivity index (χ0n) is 10.7. The van der Waals surface area contributed by atoms with Crippen molar-refractivity contribution in [2.24, 2.45) is 0 Å². The fraction of sp³-hybridized carbons (Fsp3) is 0.400. The van der Waals surface area contributed by atoms with Crippen molar-refractivity contribution in [1.82, 2.24) is 4.57 Å². The zero-order chi connectivity index (χ0) is 13.0. The quantitative estimate of drug-likeness (QED) is 0.790. The van der Waals surface area contributed by atoms with Crippen LogP contribution < -0.4 is 0 Å². The maximum Gasteiger partial charge on any atom is 0.303 e. The fourth-order valence-electron chi connectivity index (χ4n) is 2.37. The van der Waals surface area contributed by atoms with Crippen molar-refractivity contribution < 1.29 is 9.90 Å². The maximum atomic E-state index is 10.4. The number of aryl methyl sites for hydroxylation is 2. The van der Waals surface area contributed by atoms with Crippen LogP contribution in [0.3, 0.4) is 0 Å². The van der Waals surface area contributed by atoms with Crippen molar-refractivity contribution in [3.8, 4) is 0 Å². The van der Waals surface area contributed by atoms with Crippen LogP contribution in [-0.2, 0) is 11.3 Å². The average molecular weight is 245 g/mol. The molecule has 0 atom stereocenters. The normalized spacial score (nSPS) is 10.9. The van der Waals surface area contributed by atoms with Gasteiger partial charge in [-0.1, -0.05) is 24.6 Å². The molecule has 1 N–H and O–H groups in total. The number of hydrogen-bond acceptors (Lipinski definition) is 1. The molecule has 0 aliphatic carbocycles. The molecule has 0 saturated carbocycles. The van der Waals surface area contributed by atoms with Crippen LogP contribution in [0.25, 0.3) is 10.9 Å². The number of fused-ring (bicyclic) bond motifs is 1. The van der Waals surface area contributed by atoms with Gasteiger partial charge in [0.1, 0.15) is 0 Å². The van der Waals surface area contributed by atoms with E-state index in [0.29, 0.717) is 0 Å². The van der Waals surface area contributed by atoms with Crippen LogP contribution in [-0.4, -0.2) is 15.6 Å². The maximum absolute atomic E-state index is 10.4. The van der Waals surface area contributed by atoms with E-state index in [1.54, 1.807) is 0 Å². The number of unbranched alkanes of at least 4 members (excludes halogenated alkanes) is 2. The molecule has 3 nitrogen and oxygen atoms in total. The Kier molecular flexibility index (Phi) is 4.03. The molecule has 0 aliphatic rings. The molecule has 0 radical (unpaired) electrons. The van der Waals surface area contributed by atoms with Gasteiger partial charge in [0.2, 0.25) is 0 Å². The summed E-state index contributed by atoms with van der Waals surface area (Å²) in [7, 11) is 0. The van der Waals surface area contributed by atoms with Gasteiger partial charge in [0.25, 0.3) is 0 Å². The second kappa shape index (κ2) is 5.71. The predicted octanol–water partition coefficient (Wildman–Crippen LogP) is 3.59. The number of carboxylic acid groups (broad SMARTS) is 1. The summed E-state index contributed by atoms with van der Waals surface area (Å²) in [6.45, 7) is 3.09. The number of aromatic nitrogens is 1. The van der Waals surface area contributed by atoms with E-state index >= 15 is 0 Å². The lowest BCUT2D eigenvalue weighted by molar-refractivity contribution is -0.137. The number of benzene rings is 1. The SMILES string of the molecule is Cc1cc2ccccc2n1CCCCCC(=O)O. The Bertz CT molecular complexity index is 542. The first-order valence-corrected chi connectivity index (χ1v) is 6.45. The van der Waals surface area contributed by atoms with Gasteiger partial charge in [-0.15, -0.1) is 0 Å². The van der Waals surface area contributed by atoms with E-state index in [9.17, 15) is 4.79 Å². The molecule has 1 heterocycles. The van der Waals surface area contributed by atoms with Gasteiger partial charge in [-0.05, 0) is 37.3 Å². The molecule has 3 heteroatoms. The van der Waals surface area contributed by atoms with Gasteiger partial charge in [0.05, 0.1) is 0 Å².